The molecule has 0 aliphatic heterocycles. The molecule has 2 nitrogen and oxygen atoms in total. The van der Waals surface area contributed by atoms with Gasteiger partial charge in [0.15, 0.2) is 0 Å². The second kappa shape index (κ2) is 3.21. The molecule has 0 aliphatic rings. The topological polar surface area (TPSA) is 37.3 Å². The van der Waals surface area contributed by atoms with Gasteiger partial charge in [-0.15, -0.1) is 0 Å². The third kappa shape index (κ3) is 4.01. The molecule has 6 heavy (non-hydrogen) atoms. The van der Waals surface area contributed by atoms with Crippen LogP contribution in [0.2, 0.25) is 5.25 Å². The molecule has 0 saturated heterocycles. The maximum atomic E-state index is 9.60. The Balaban J connectivity index is 2.83. The number of carboxylic acid groups (broad SMARTS) is 1. The molecule has 0 saturated carbocycles. The van der Waals surface area contributed by atoms with Crippen molar-refractivity contribution in [3.05, 3.63) is 0 Å². The minimum atomic E-state index is -0.711. The van der Waals surface area contributed by atoms with Crippen LogP contribution in [0.25, 0.3) is 0 Å². The summed E-state index contributed by atoms with van der Waals surface area (Å²) in [5.74, 6) is -0.711. The molecule has 0 atom stereocenters. The summed E-state index contributed by atoms with van der Waals surface area (Å²) in [5.41, 5.74) is 0. The summed E-state index contributed by atoms with van der Waals surface area (Å²) in [7, 11) is 0. The zero-order chi connectivity index (χ0) is 4.99. The first kappa shape index (κ1) is 6.01. The fourth-order valence-electron chi connectivity index (χ4n) is 0.107. The van der Waals surface area contributed by atoms with Crippen LogP contribution in [-0.2, 0) is 4.79 Å². The van der Waals surface area contributed by atoms with Crippen LogP contribution in [0, 0.1) is 0 Å². The Morgan fingerprint density at radius 1 is 1.83 bits per heavy atom. The predicted molar refractivity (Wildman–Crippen MR) is 22.8 cm³/mol. The second-order valence-corrected chi connectivity index (χ2v) is 1.94. The third-order valence-corrected chi connectivity index (χ3v) is 0.863. The van der Waals surface area contributed by atoms with E-state index in [0.29, 0.717) is 6.42 Å². The van der Waals surface area contributed by atoms with Crippen molar-refractivity contribution in [1.82, 2.24) is 0 Å². The summed E-state index contributed by atoms with van der Waals surface area (Å²) in [6.45, 7) is 0. The molecule has 0 aromatic carbocycles. The average molecular weight is 146 g/mol. The van der Waals surface area contributed by atoms with E-state index in [0.717, 1.165) is 5.25 Å². The molecule has 1 N–H and O–H groups in total. The summed E-state index contributed by atoms with van der Waals surface area (Å²) < 4.78 is 0. The van der Waals surface area contributed by atoms with Gasteiger partial charge in [0.05, 0.1) is 0 Å². The number of hydrogen-bond donors (Lipinski definition) is 1. The molecule has 0 aromatic heterocycles. The summed E-state index contributed by atoms with van der Waals surface area (Å²) in [5, 5.41) is 8.64. The van der Waals surface area contributed by atoms with Crippen LogP contribution in [0.15, 0.2) is 0 Å². The molecule has 0 rings (SSSR count). The van der Waals surface area contributed by atoms with Crippen LogP contribution >= 0.6 is 0 Å². The summed E-state index contributed by atoms with van der Waals surface area (Å²) in [6, 6.07) is 0. The van der Waals surface area contributed by atoms with Crippen molar-refractivity contribution >= 4 is 22.5 Å². The molecule has 0 aromatic rings. The van der Waals surface area contributed by atoms with Gasteiger partial charge in [0, 0.05) is 0 Å². The molecule has 0 aliphatic carbocycles. The molecule has 3 radical (unpaired) electrons. The second-order valence-electron chi connectivity index (χ2n) is 0.894. The summed E-state index contributed by atoms with van der Waals surface area (Å²) >= 11 is 1.84. The van der Waals surface area contributed by atoms with Gasteiger partial charge in [0.1, 0.15) is 0 Å². The van der Waals surface area contributed by atoms with Gasteiger partial charge in [-0.05, 0) is 0 Å². The van der Waals surface area contributed by atoms with Crippen LogP contribution in [0.1, 0.15) is 6.42 Å². The maximum absolute atomic E-state index is 9.60. The van der Waals surface area contributed by atoms with Crippen molar-refractivity contribution in [3.8, 4) is 0 Å². The van der Waals surface area contributed by atoms with Crippen LogP contribution in [0.5, 0.6) is 0 Å². The first-order chi connectivity index (χ1) is 2.77. The Bertz CT molecular complexity index is 52.8. The van der Waals surface area contributed by atoms with Crippen LogP contribution in [-0.4, -0.2) is 27.6 Å². The van der Waals surface area contributed by atoms with Crippen molar-refractivity contribution in [2.45, 2.75) is 11.7 Å². The first-order valence-corrected chi connectivity index (χ1v) is 3.12. The van der Waals surface area contributed by atoms with Crippen LogP contribution in [0.4, 0.5) is 0 Å². The normalized spacial score (nSPS) is 8.17. The number of hydrogen-bond acceptors (Lipinski definition) is 1. The molecule has 0 unspecified atom stereocenters. The third-order valence-electron chi connectivity index (χ3n) is 0.339. The van der Waals surface area contributed by atoms with Crippen molar-refractivity contribution in [2.24, 2.45) is 0 Å². The van der Waals surface area contributed by atoms with Gasteiger partial charge in [-0.3, -0.25) is 0 Å². The zero-order valence-corrected chi connectivity index (χ0v) is 5.37. The standard InChI is InChI=1S/C3H5GeO2/c4-2-1-3(5)6/h1-2H2,(H,5,6). The Morgan fingerprint density at radius 3 is 2.33 bits per heavy atom. The van der Waals surface area contributed by atoms with E-state index >= 15 is 0 Å². The van der Waals surface area contributed by atoms with E-state index in [1.54, 1.807) is 0 Å². The molecule has 0 heterocycles. The van der Waals surface area contributed by atoms with Gasteiger partial charge in [0.25, 0.3) is 0 Å². The van der Waals surface area contributed by atoms with E-state index in [-0.39, 0.29) is 0 Å². The fourth-order valence-corrected chi connectivity index (χ4v) is 0.556. The molecule has 0 amide bonds. The first-order valence-electron chi connectivity index (χ1n) is 1.63. The summed E-state index contributed by atoms with van der Waals surface area (Å²) in [6.07, 6.45) is 0.292. The molecule has 3 heteroatoms. The Hall–Kier alpha value is 0.0129. The Kier molecular flexibility index (Phi) is 3.22. The van der Waals surface area contributed by atoms with E-state index in [1.807, 2.05) is 16.5 Å². The summed E-state index contributed by atoms with van der Waals surface area (Å²) in [4.78, 5) is 9.60. The number of carbonyl (C=O) groups is 1. The van der Waals surface area contributed by atoms with Gasteiger partial charge in [-0.25, -0.2) is 0 Å². The molecular formula is C3H5GeO2. The molecule has 33 valence electrons. The van der Waals surface area contributed by atoms with Gasteiger partial charge in [-0.1, -0.05) is 0 Å². The SMILES string of the molecule is O=C(O)C[CH2][Ge]. The van der Waals surface area contributed by atoms with Gasteiger partial charge in [-0.2, -0.15) is 0 Å². The van der Waals surface area contributed by atoms with E-state index in [2.05, 4.69) is 0 Å². The van der Waals surface area contributed by atoms with Crippen molar-refractivity contribution in [1.29, 1.82) is 0 Å². The monoisotopic (exact) mass is 147 g/mol. The molecule has 0 bridgehead atoms. The van der Waals surface area contributed by atoms with Gasteiger partial charge in [0.2, 0.25) is 0 Å². The van der Waals surface area contributed by atoms with Crippen molar-refractivity contribution < 1.29 is 9.90 Å². The Labute approximate surface area is 44.8 Å². The number of rotatable bonds is 2. The minimum absolute atomic E-state index is 0.292. The molecule has 0 fully saturated rings. The fraction of sp³-hybridized carbons (Fsp3) is 0.667. The molecule has 0 spiro atoms. The van der Waals surface area contributed by atoms with Crippen molar-refractivity contribution in [2.75, 3.05) is 0 Å². The van der Waals surface area contributed by atoms with E-state index in [1.165, 1.54) is 0 Å². The number of aliphatic carboxylic acids is 1. The molecular weight excluding hydrogens is 141 g/mol. The zero-order valence-electron chi connectivity index (χ0n) is 3.27. The van der Waals surface area contributed by atoms with Gasteiger partial charge >= 0.3 is 44.1 Å². The van der Waals surface area contributed by atoms with E-state index in [9.17, 15) is 4.79 Å². The van der Waals surface area contributed by atoms with Crippen molar-refractivity contribution in [3.63, 3.8) is 0 Å². The quantitative estimate of drug-likeness (QED) is 0.558. The van der Waals surface area contributed by atoms with E-state index in [4.69, 9.17) is 5.11 Å². The average Bonchev–Trinajstić information content (AvgIpc) is 1.35. The van der Waals surface area contributed by atoms with E-state index < -0.39 is 5.97 Å². The predicted octanol–water partition coefficient (Wildman–Crippen LogP) is 0.0479. The Morgan fingerprint density at radius 2 is 2.33 bits per heavy atom. The van der Waals surface area contributed by atoms with Crippen LogP contribution in [0.3, 0.4) is 0 Å². The van der Waals surface area contributed by atoms with Gasteiger partial charge < -0.3 is 0 Å². The number of carboxylic acids is 1. The van der Waals surface area contributed by atoms with Crippen LogP contribution < -0.4 is 0 Å².